The molecule has 1 aliphatic heterocycles. The Kier molecular flexibility index (Phi) is 3.86. The Morgan fingerprint density at radius 1 is 1.45 bits per heavy atom. The summed E-state index contributed by atoms with van der Waals surface area (Å²) in [5.41, 5.74) is -1.01. The van der Waals surface area contributed by atoms with Gasteiger partial charge in [0.05, 0.1) is 5.60 Å². The standard InChI is InChI=1S/C14H24N4O2/c1-10-15-11(17-16-10)5-6-12(19)18-8-7-14(4,20)13(2,3)9-18/h20H,5-9H2,1-4H3,(H,15,16,17)/t14-/m1/s1. The fraction of sp³-hybridized carbons (Fsp3) is 0.786. The van der Waals surface area contributed by atoms with Gasteiger partial charge in [-0.05, 0) is 20.3 Å². The van der Waals surface area contributed by atoms with Gasteiger partial charge in [0, 0.05) is 31.3 Å². The molecule has 1 aromatic heterocycles. The Labute approximate surface area is 119 Å². The molecular formula is C14H24N4O2. The first-order valence-electron chi connectivity index (χ1n) is 7.09. The molecule has 0 bridgehead atoms. The van der Waals surface area contributed by atoms with Crippen LogP contribution >= 0.6 is 0 Å². The Hall–Kier alpha value is -1.43. The SMILES string of the molecule is Cc1nc(CCC(=O)N2CC[C@@](C)(O)C(C)(C)C2)n[nH]1. The van der Waals surface area contributed by atoms with E-state index in [1.165, 1.54) is 0 Å². The number of amides is 1. The van der Waals surface area contributed by atoms with Crippen LogP contribution in [0.2, 0.25) is 0 Å². The number of hydrogen-bond acceptors (Lipinski definition) is 4. The summed E-state index contributed by atoms with van der Waals surface area (Å²) in [6.07, 6.45) is 1.58. The first kappa shape index (κ1) is 15.0. The fourth-order valence-electron chi connectivity index (χ4n) is 2.51. The van der Waals surface area contributed by atoms with Gasteiger partial charge in [0.1, 0.15) is 5.82 Å². The maximum atomic E-state index is 12.3. The largest absolute Gasteiger partial charge is 0.389 e. The number of piperidine rings is 1. The van der Waals surface area contributed by atoms with E-state index in [-0.39, 0.29) is 11.3 Å². The highest BCUT2D eigenvalue weighted by atomic mass is 16.3. The molecule has 1 aliphatic rings. The van der Waals surface area contributed by atoms with Crippen molar-refractivity contribution in [2.75, 3.05) is 13.1 Å². The number of aromatic amines is 1. The Balaban J connectivity index is 1.91. The van der Waals surface area contributed by atoms with Crippen LogP contribution in [0.1, 0.15) is 45.3 Å². The molecule has 6 heteroatoms. The predicted molar refractivity (Wildman–Crippen MR) is 75.0 cm³/mol. The van der Waals surface area contributed by atoms with E-state index in [0.717, 1.165) is 5.82 Å². The molecule has 1 atom stereocenters. The number of H-pyrrole nitrogens is 1. The Bertz CT molecular complexity index is 493. The summed E-state index contributed by atoms with van der Waals surface area (Å²) in [6.45, 7) is 8.91. The van der Waals surface area contributed by atoms with Crippen molar-refractivity contribution in [1.82, 2.24) is 20.1 Å². The molecule has 1 aromatic rings. The number of nitrogens with zero attached hydrogens (tertiary/aromatic N) is 3. The second-order valence-corrected chi connectivity index (χ2v) is 6.56. The van der Waals surface area contributed by atoms with E-state index < -0.39 is 5.60 Å². The highest BCUT2D eigenvalue weighted by Gasteiger charge is 2.44. The lowest BCUT2D eigenvalue weighted by molar-refractivity contribution is -0.147. The molecule has 2 N–H and O–H groups in total. The van der Waals surface area contributed by atoms with E-state index in [1.807, 2.05) is 32.6 Å². The molecule has 2 rings (SSSR count). The topological polar surface area (TPSA) is 82.1 Å². The van der Waals surface area contributed by atoms with Crippen LogP contribution < -0.4 is 0 Å². The number of nitrogens with one attached hydrogen (secondary N) is 1. The van der Waals surface area contributed by atoms with Crippen molar-refractivity contribution in [3.63, 3.8) is 0 Å². The van der Waals surface area contributed by atoms with E-state index in [4.69, 9.17) is 0 Å². The average Bonchev–Trinajstić information content (AvgIpc) is 2.76. The van der Waals surface area contributed by atoms with Crippen LogP contribution in [0.4, 0.5) is 0 Å². The first-order chi connectivity index (χ1) is 9.21. The zero-order valence-electron chi connectivity index (χ0n) is 12.7. The van der Waals surface area contributed by atoms with E-state index >= 15 is 0 Å². The molecule has 0 aromatic carbocycles. The first-order valence-corrected chi connectivity index (χ1v) is 7.09. The second-order valence-electron chi connectivity index (χ2n) is 6.56. The number of carbonyl (C=O) groups excluding carboxylic acids is 1. The molecule has 20 heavy (non-hydrogen) atoms. The van der Waals surface area contributed by atoms with Crippen LogP contribution in [-0.4, -0.2) is 49.8 Å². The van der Waals surface area contributed by atoms with Gasteiger partial charge in [-0.1, -0.05) is 13.8 Å². The smallest absolute Gasteiger partial charge is 0.223 e. The monoisotopic (exact) mass is 280 g/mol. The number of aliphatic hydroxyl groups is 1. The molecule has 1 saturated heterocycles. The van der Waals surface area contributed by atoms with Crippen molar-refractivity contribution in [3.05, 3.63) is 11.6 Å². The van der Waals surface area contributed by atoms with E-state index in [9.17, 15) is 9.90 Å². The third kappa shape index (κ3) is 3.00. The molecule has 0 spiro atoms. The number of rotatable bonds is 3. The van der Waals surface area contributed by atoms with Gasteiger partial charge in [0.25, 0.3) is 0 Å². The van der Waals surface area contributed by atoms with Crippen LogP contribution in [0.5, 0.6) is 0 Å². The molecule has 0 saturated carbocycles. The van der Waals surface area contributed by atoms with Gasteiger partial charge in [0.15, 0.2) is 5.82 Å². The van der Waals surface area contributed by atoms with Gasteiger partial charge in [-0.3, -0.25) is 9.89 Å². The third-order valence-corrected chi connectivity index (χ3v) is 4.47. The van der Waals surface area contributed by atoms with Crippen LogP contribution in [0.25, 0.3) is 0 Å². The quantitative estimate of drug-likeness (QED) is 0.867. The molecular weight excluding hydrogens is 256 g/mol. The fourth-order valence-corrected chi connectivity index (χ4v) is 2.51. The predicted octanol–water partition coefficient (Wildman–Crippen LogP) is 1.06. The summed E-state index contributed by atoms with van der Waals surface area (Å²) < 4.78 is 0. The normalized spacial score (nSPS) is 25.8. The molecule has 2 heterocycles. The Morgan fingerprint density at radius 2 is 2.15 bits per heavy atom. The summed E-state index contributed by atoms with van der Waals surface area (Å²) in [7, 11) is 0. The van der Waals surface area contributed by atoms with Crippen LogP contribution in [0, 0.1) is 12.3 Å². The van der Waals surface area contributed by atoms with E-state index in [1.54, 1.807) is 0 Å². The van der Waals surface area contributed by atoms with Crippen molar-refractivity contribution in [3.8, 4) is 0 Å². The van der Waals surface area contributed by atoms with Gasteiger partial charge in [-0.15, -0.1) is 0 Å². The lowest BCUT2D eigenvalue weighted by atomic mass is 9.71. The molecule has 6 nitrogen and oxygen atoms in total. The summed E-state index contributed by atoms with van der Waals surface area (Å²) in [5, 5.41) is 17.2. The maximum absolute atomic E-state index is 12.3. The van der Waals surface area contributed by atoms with Crippen molar-refractivity contribution in [2.24, 2.45) is 5.41 Å². The minimum Gasteiger partial charge on any atom is -0.389 e. The van der Waals surface area contributed by atoms with Crippen molar-refractivity contribution < 1.29 is 9.90 Å². The zero-order chi connectivity index (χ0) is 15.0. The summed E-state index contributed by atoms with van der Waals surface area (Å²) in [5.74, 6) is 1.55. The Morgan fingerprint density at radius 3 is 2.70 bits per heavy atom. The number of likely N-dealkylation sites (tertiary alicyclic amines) is 1. The molecule has 0 radical (unpaired) electrons. The molecule has 112 valence electrons. The summed E-state index contributed by atoms with van der Waals surface area (Å²) in [6, 6.07) is 0. The van der Waals surface area contributed by atoms with Crippen molar-refractivity contribution >= 4 is 5.91 Å². The minimum absolute atomic E-state index is 0.107. The van der Waals surface area contributed by atoms with Crippen molar-refractivity contribution in [1.29, 1.82) is 0 Å². The maximum Gasteiger partial charge on any atom is 0.223 e. The average molecular weight is 280 g/mol. The van der Waals surface area contributed by atoms with E-state index in [0.29, 0.717) is 38.2 Å². The molecule has 1 fully saturated rings. The van der Waals surface area contributed by atoms with E-state index in [2.05, 4.69) is 15.2 Å². The van der Waals surface area contributed by atoms with Gasteiger partial charge >= 0.3 is 0 Å². The third-order valence-electron chi connectivity index (χ3n) is 4.47. The summed E-state index contributed by atoms with van der Waals surface area (Å²) in [4.78, 5) is 18.3. The number of aromatic nitrogens is 3. The zero-order valence-corrected chi connectivity index (χ0v) is 12.7. The van der Waals surface area contributed by atoms with Crippen LogP contribution in [0.3, 0.4) is 0 Å². The van der Waals surface area contributed by atoms with Gasteiger partial charge in [-0.2, -0.15) is 5.10 Å². The number of hydrogen-bond donors (Lipinski definition) is 2. The van der Waals surface area contributed by atoms with Gasteiger partial charge in [0.2, 0.25) is 5.91 Å². The number of aryl methyl sites for hydroxylation is 2. The van der Waals surface area contributed by atoms with Gasteiger partial charge < -0.3 is 10.0 Å². The van der Waals surface area contributed by atoms with Crippen molar-refractivity contribution in [2.45, 2.75) is 52.6 Å². The number of carbonyl (C=O) groups is 1. The molecule has 0 aliphatic carbocycles. The summed E-state index contributed by atoms with van der Waals surface area (Å²) >= 11 is 0. The second kappa shape index (κ2) is 5.16. The highest BCUT2D eigenvalue weighted by Crippen LogP contribution is 2.38. The lowest BCUT2D eigenvalue weighted by Crippen LogP contribution is -2.57. The van der Waals surface area contributed by atoms with Crippen LogP contribution in [0.15, 0.2) is 0 Å². The lowest BCUT2D eigenvalue weighted by Gasteiger charge is -2.48. The highest BCUT2D eigenvalue weighted by molar-refractivity contribution is 5.76. The van der Waals surface area contributed by atoms with Gasteiger partial charge in [-0.25, -0.2) is 4.98 Å². The minimum atomic E-state index is -0.718. The van der Waals surface area contributed by atoms with Crippen LogP contribution in [-0.2, 0) is 11.2 Å². The molecule has 0 unspecified atom stereocenters. The molecule has 1 amide bonds.